The molecule has 0 bridgehead atoms. The Balaban J connectivity index is 2.00. The first-order chi connectivity index (χ1) is 8.20. The Morgan fingerprint density at radius 3 is 2.76 bits per heavy atom. The van der Waals surface area contributed by atoms with Crippen LogP contribution in [0.1, 0.15) is 55.2 Å². The van der Waals surface area contributed by atoms with Crippen LogP contribution >= 0.6 is 0 Å². The predicted octanol–water partition coefficient (Wildman–Crippen LogP) is 3.94. The van der Waals surface area contributed by atoms with Gasteiger partial charge in [-0.05, 0) is 63.1 Å². The smallest absolute Gasteiger partial charge is 0.00731 e. The largest absolute Gasteiger partial charge is 0.314 e. The number of rotatable bonds is 4. The molecule has 1 nitrogen and oxygen atoms in total. The van der Waals surface area contributed by atoms with Gasteiger partial charge in [-0.3, -0.25) is 0 Å². The lowest BCUT2D eigenvalue weighted by molar-refractivity contribution is 0.517. The molecule has 0 spiro atoms. The minimum atomic E-state index is 0.751. The molecule has 0 amide bonds. The summed E-state index contributed by atoms with van der Waals surface area (Å²) in [4.78, 5) is 0. The van der Waals surface area contributed by atoms with Gasteiger partial charge in [-0.25, -0.2) is 0 Å². The lowest BCUT2D eigenvalue weighted by Gasteiger charge is -2.15. The van der Waals surface area contributed by atoms with Gasteiger partial charge in [0.2, 0.25) is 0 Å². The minimum absolute atomic E-state index is 0.751. The van der Waals surface area contributed by atoms with Crippen LogP contribution in [0.5, 0.6) is 0 Å². The molecule has 0 aromatic heterocycles. The number of nitrogens with one attached hydrogen (secondary N) is 1. The Bertz CT molecular complexity index is 370. The van der Waals surface area contributed by atoms with E-state index in [2.05, 4.69) is 44.3 Å². The van der Waals surface area contributed by atoms with Crippen LogP contribution in [-0.2, 0) is 0 Å². The summed E-state index contributed by atoms with van der Waals surface area (Å²) in [7, 11) is 0. The molecule has 2 atom stereocenters. The lowest BCUT2D eigenvalue weighted by Crippen LogP contribution is -2.26. The van der Waals surface area contributed by atoms with Crippen molar-refractivity contribution >= 4 is 0 Å². The lowest BCUT2D eigenvalue weighted by atomic mass is 9.92. The first-order valence-electron chi connectivity index (χ1n) is 7.01. The Labute approximate surface area is 106 Å². The SMILES string of the molecule is CCCNC1CCC(c2ccc(C)cc2C)C1. The summed E-state index contributed by atoms with van der Waals surface area (Å²) in [5, 5.41) is 3.66. The van der Waals surface area contributed by atoms with Gasteiger partial charge < -0.3 is 5.32 Å². The number of hydrogen-bond donors (Lipinski definition) is 1. The molecule has 1 aliphatic rings. The summed E-state index contributed by atoms with van der Waals surface area (Å²) in [6.45, 7) is 7.85. The van der Waals surface area contributed by atoms with E-state index < -0.39 is 0 Å². The average molecular weight is 231 g/mol. The molecular formula is C16H25N. The van der Waals surface area contributed by atoms with E-state index >= 15 is 0 Å². The number of benzene rings is 1. The zero-order valence-electron chi connectivity index (χ0n) is 11.4. The van der Waals surface area contributed by atoms with Crippen molar-refractivity contribution in [2.45, 2.75) is 58.4 Å². The van der Waals surface area contributed by atoms with E-state index in [-0.39, 0.29) is 0 Å². The summed E-state index contributed by atoms with van der Waals surface area (Å²) < 4.78 is 0. The third-order valence-corrected chi connectivity index (χ3v) is 3.98. The van der Waals surface area contributed by atoms with Gasteiger partial charge in [-0.2, -0.15) is 0 Å². The molecule has 0 aliphatic heterocycles. The van der Waals surface area contributed by atoms with Gasteiger partial charge in [-0.15, -0.1) is 0 Å². The molecule has 2 rings (SSSR count). The normalized spacial score (nSPS) is 24.2. The highest BCUT2D eigenvalue weighted by Crippen LogP contribution is 2.36. The van der Waals surface area contributed by atoms with Gasteiger partial charge in [0.1, 0.15) is 0 Å². The van der Waals surface area contributed by atoms with E-state index in [1.807, 2.05) is 0 Å². The molecule has 0 radical (unpaired) electrons. The van der Waals surface area contributed by atoms with Crippen molar-refractivity contribution in [3.63, 3.8) is 0 Å². The van der Waals surface area contributed by atoms with E-state index in [0.29, 0.717) is 0 Å². The molecule has 1 fully saturated rings. The average Bonchev–Trinajstić information content (AvgIpc) is 2.75. The zero-order valence-corrected chi connectivity index (χ0v) is 11.4. The maximum Gasteiger partial charge on any atom is 0.00731 e. The highest BCUT2D eigenvalue weighted by atomic mass is 14.9. The second-order valence-electron chi connectivity index (χ2n) is 5.52. The quantitative estimate of drug-likeness (QED) is 0.827. The second kappa shape index (κ2) is 5.68. The Morgan fingerprint density at radius 2 is 2.06 bits per heavy atom. The molecule has 94 valence electrons. The zero-order chi connectivity index (χ0) is 12.3. The van der Waals surface area contributed by atoms with Crippen LogP contribution in [0.4, 0.5) is 0 Å². The third kappa shape index (κ3) is 3.10. The van der Waals surface area contributed by atoms with Crippen LogP contribution in [0.15, 0.2) is 18.2 Å². The summed E-state index contributed by atoms with van der Waals surface area (Å²) in [6, 6.07) is 7.68. The van der Waals surface area contributed by atoms with Crippen molar-refractivity contribution in [1.29, 1.82) is 0 Å². The first kappa shape index (κ1) is 12.6. The fourth-order valence-corrected chi connectivity index (χ4v) is 3.08. The van der Waals surface area contributed by atoms with Crippen LogP contribution in [0, 0.1) is 13.8 Å². The van der Waals surface area contributed by atoms with E-state index in [1.165, 1.54) is 43.4 Å². The Morgan fingerprint density at radius 1 is 1.24 bits per heavy atom. The summed E-state index contributed by atoms with van der Waals surface area (Å²) in [5.74, 6) is 0.782. The van der Waals surface area contributed by atoms with Gasteiger partial charge in [0.05, 0.1) is 0 Å². The van der Waals surface area contributed by atoms with E-state index in [4.69, 9.17) is 0 Å². The minimum Gasteiger partial charge on any atom is -0.314 e. The molecular weight excluding hydrogens is 206 g/mol. The van der Waals surface area contributed by atoms with Crippen molar-refractivity contribution in [3.05, 3.63) is 34.9 Å². The van der Waals surface area contributed by atoms with Gasteiger partial charge in [0, 0.05) is 6.04 Å². The van der Waals surface area contributed by atoms with Crippen LogP contribution < -0.4 is 5.32 Å². The molecule has 1 aromatic rings. The van der Waals surface area contributed by atoms with E-state index in [1.54, 1.807) is 5.56 Å². The molecule has 1 heteroatoms. The van der Waals surface area contributed by atoms with Gasteiger partial charge in [0.25, 0.3) is 0 Å². The van der Waals surface area contributed by atoms with Gasteiger partial charge in [0.15, 0.2) is 0 Å². The molecule has 1 saturated carbocycles. The predicted molar refractivity (Wildman–Crippen MR) is 74.6 cm³/mol. The van der Waals surface area contributed by atoms with Crippen molar-refractivity contribution in [2.24, 2.45) is 0 Å². The fourth-order valence-electron chi connectivity index (χ4n) is 3.08. The van der Waals surface area contributed by atoms with Crippen LogP contribution in [0.2, 0.25) is 0 Å². The van der Waals surface area contributed by atoms with E-state index in [9.17, 15) is 0 Å². The second-order valence-corrected chi connectivity index (χ2v) is 5.52. The van der Waals surface area contributed by atoms with Gasteiger partial charge >= 0.3 is 0 Å². The monoisotopic (exact) mass is 231 g/mol. The van der Waals surface area contributed by atoms with Gasteiger partial charge in [-0.1, -0.05) is 30.7 Å². The topological polar surface area (TPSA) is 12.0 Å². The molecule has 1 N–H and O–H groups in total. The van der Waals surface area contributed by atoms with E-state index in [0.717, 1.165) is 12.0 Å². The maximum absolute atomic E-state index is 3.66. The summed E-state index contributed by atoms with van der Waals surface area (Å²) in [5.41, 5.74) is 4.44. The van der Waals surface area contributed by atoms with Crippen molar-refractivity contribution < 1.29 is 0 Å². The third-order valence-electron chi connectivity index (χ3n) is 3.98. The highest BCUT2D eigenvalue weighted by molar-refractivity contribution is 5.33. The Kier molecular flexibility index (Phi) is 4.22. The molecule has 2 unspecified atom stereocenters. The van der Waals surface area contributed by atoms with Crippen molar-refractivity contribution in [2.75, 3.05) is 6.54 Å². The molecule has 0 saturated heterocycles. The van der Waals surface area contributed by atoms with Crippen LogP contribution in [0.3, 0.4) is 0 Å². The van der Waals surface area contributed by atoms with Crippen LogP contribution in [-0.4, -0.2) is 12.6 Å². The summed E-state index contributed by atoms with van der Waals surface area (Å²) in [6.07, 6.45) is 5.26. The maximum atomic E-state index is 3.66. The molecule has 17 heavy (non-hydrogen) atoms. The number of hydrogen-bond acceptors (Lipinski definition) is 1. The van der Waals surface area contributed by atoms with Crippen LogP contribution in [0.25, 0.3) is 0 Å². The first-order valence-corrected chi connectivity index (χ1v) is 7.01. The van der Waals surface area contributed by atoms with Crippen molar-refractivity contribution in [3.8, 4) is 0 Å². The molecule has 1 aromatic carbocycles. The standard InChI is InChI=1S/C16H25N/c1-4-9-17-15-7-6-14(11-15)16-8-5-12(2)10-13(16)3/h5,8,10,14-15,17H,4,6-7,9,11H2,1-3H3. The van der Waals surface area contributed by atoms with Crippen molar-refractivity contribution in [1.82, 2.24) is 5.32 Å². The molecule has 1 aliphatic carbocycles. The molecule has 0 heterocycles. The summed E-state index contributed by atoms with van der Waals surface area (Å²) >= 11 is 0. The fraction of sp³-hybridized carbons (Fsp3) is 0.625. The highest BCUT2D eigenvalue weighted by Gasteiger charge is 2.26. The number of aryl methyl sites for hydroxylation is 2. The Hall–Kier alpha value is -0.820.